The fourth-order valence-electron chi connectivity index (χ4n) is 3.67. The number of carbonyl (C=O) groups excluding carboxylic acids is 1. The molecule has 0 radical (unpaired) electrons. The molecule has 1 amide bonds. The zero-order chi connectivity index (χ0) is 17.6. The highest BCUT2D eigenvalue weighted by molar-refractivity contribution is 5.92. The lowest BCUT2D eigenvalue weighted by atomic mass is 9.91. The third-order valence-electron chi connectivity index (χ3n) is 5.28. The molecule has 3 heterocycles. The van der Waals surface area contributed by atoms with Crippen LogP contribution in [-0.4, -0.2) is 49.3 Å². The van der Waals surface area contributed by atoms with Crippen LogP contribution in [-0.2, 0) is 0 Å². The Labute approximate surface area is 147 Å². The number of aryl methyl sites for hydroxylation is 1. The van der Waals surface area contributed by atoms with E-state index >= 15 is 0 Å². The van der Waals surface area contributed by atoms with E-state index in [1.54, 1.807) is 6.07 Å². The smallest absolute Gasteiger partial charge is 0.274 e. The zero-order valence-corrected chi connectivity index (χ0v) is 14.9. The van der Waals surface area contributed by atoms with Gasteiger partial charge in [-0.15, -0.1) is 5.10 Å². The third kappa shape index (κ3) is 3.15. The van der Waals surface area contributed by atoms with Gasteiger partial charge in [0, 0.05) is 24.9 Å². The largest absolute Gasteiger partial charge is 0.336 e. The van der Waals surface area contributed by atoms with Crippen molar-refractivity contribution in [1.29, 1.82) is 0 Å². The highest BCUT2D eigenvalue weighted by Crippen LogP contribution is 2.47. The highest BCUT2D eigenvalue weighted by atomic mass is 16.2. The molecule has 132 valence electrons. The first kappa shape index (κ1) is 16.2. The van der Waals surface area contributed by atoms with E-state index in [-0.39, 0.29) is 11.8 Å². The Hall–Kier alpha value is -2.31. The minimum atomic E-state index is -0.0377. The summed E-state index contributed by atoms with van der Waals surface area (Å²) in [6.07, 6.45) is 2.50. The predicted octanol–water partition coefficient (Wildman–Crippen LogP) is 2.29. The van der Waals surface area contributed by atoms with Crippen molar-refractivity contribution < 1.29 is 4.79 Å². The van der Waals surface area contributed by atoms with Crippen LogP contribution in [0.15, 0.2) is 12.1 Å². The molecule has 1 aliphatic heterocycles. The van der Waals surface area contributed by atoms with E-state index in [0.29, 0.717) is 30.0 Å². The van der Waals surface area contributed by atoms with Crippen LogP contribution in [0.4, 0.5) is 0 Å². The lowest BCUT2D eigenvalue weighted by molar-refractivity contribution is 0.0777. The maximum atomic E-state index is 12.8. The van der Waals surface area contributed by atoms with Gasteiger partial charge in [-0.05, 0) is 43.7 Å². The molecule has 2 fully saturated rings. The van der Waals surface area contributed by atoms with Gasteiger partial charge in [0.15, 0.2) is 11.5 Å². The second-order valence-corrected chi connectivity index (χ2v) is 7.61. The summed E-state index contributed by atoms with van der Waals surface area (Å²) in [5, 5.41) is 15.5. The molecule has 0 unspecified atom stereocenters. The predicted molar refractivity (Wildman–Crippen MR) is 92.1 cm³/mol. The van der Waals surface area contributed by atoms with Gasteiger partial charge in [0.2, 0.25) is 0 Å². The van der Waals surface area contributed by atoms with Crippen molar-refractivity contribution in [3.8, 4) is 0 Å². The summed E-state index contributed by atoms with van der Waals surface area (Å²) in [4.78, 5) is 19.4. The van der Waals surface area contributed by atoms with Crippen molar-refractivity contribution in [3.63, 3.8) is 0 Å². The Morgan fingerprint density at radius 2 is 2.04 bits per heavy atom. The molecular formula is C18H24N6O. The maximum Gasteiger partial charge on any atom is 0.274 e. The number of carbonyl (C=O) groups is 1. The molecule has 0 aromatic carbocycles. The van der Waals surface area contributed by atoms with Gasteiger partial charge in [-0.1, -0.05) is 13.8 Å². The van der Waals surface area contributed by atoms with E-state index in [1.807, 2.05) is 17.9 Å². The van der Waals surface area contributed by atoms with Gasteiger partial charge < -0.3 is 4.90 Å². The average molecular weight is 340 g/mol. The van der Waals surface area contributed by atoms with E-state index in [4.69, 9.17) is 4.98 Å². The van der Waals surface area contributed by atoms with Crippen LogP contribution in [0.1, 0.15) is 66.4 Å². The number of aromatic nitrogens is 5. The standard InChI is InChI=1S/C18H24N6O/c1-10(2)16-19-17(23-22-16)14-9-24(8-13(14)12-5-6-12)18(25)15-7-4-11(3)20-21-15/h4,7,10,12-14H,5-6,8-9H2,1-3H3,(H,19,22,23)/t13-,14+/m1/s1. The summed E-state index contributed by atoms with van der Waals surface area (Å²) < 4.78 is 0. The van der Waals surface area contributed by atoms with Crippen molar-refractivity contribution >= 4 is 5.91 Å². The number of likely N-dealkylation sites (tertiary alicyclic amines) is 1. The summed E-state index contributed by atoms with van der Waals surface area (Å²) in [5.74, 6) is 3.41. The van der Waals surface area contributed by atoms with Gasteiger partial charge in [-0.3, -0.25) is 9.89 Å². The summed E-state index contributed by atoms with van der Waals surface area (Å²) >= 11 is 0. The van der Waals surface area contributed by atoms with Crippen LogP contribution in [0.25, 0.3) is 0 Å². The number of rotatable bonds is 4. The van der Waals surface area contributed by atoms with E-state index in [9.17, 15) is 4.79 Å². The van der Waals surface area contributed by atoms with Gasteiger partial charge in [-0.2, -0.15) is 10.2 Å². The van der Waals surface area contributed by atoms with Gasteiger partial charge in [0.1, 0.15) is 5.82 Å². The van der Waals surface area contributed by atoms with Crippen LogP contribution >= 0.6 is 0 Å². The number of aromatic amines is 1. The number of hydrogen-bond donors (Lipinski definition) is 1. The van der Waals surface area contributed by atoms with Gasteiger partial charge in [0.05, 0.1) is 5.69 Å². The molecule has 1 aliphatic carbocycles. The molecule has 4 rings (SSSR count). The van der Waals surface area contributed by atoms with Crippen LogP contribution < -0.4 is 0 Å². The van der Waals surface area contributed by atoms with Crippen molar-refractivity contribution in [3.05, 3.63) is 35.2 Å². The van der Waals surface area contributed by atoms with Crippen molar-refractivity contribution in [2.24, 2.45) is 11.8 Å². The van der Waals surface area contributed by atoms with Crippen LogP contribution in [0.5, 0.6) is 0 Å². The van der Waals surface area contributed by atoms with E-state index < -0.39 is 0 Å². The van der Waals surface area contributed by atoms with Crippen LogP contribution in [0, 0.1) is 18.8 Å². The second-order valence-electron chi connectivity index (χ2n) is 7.61. The monoisotopic (exact) mass is 340 g/mol. The fourth-order valence-corrected chi connectivity index (χ4v) is 3.67. The lowest BCUT2D eigenvalue weighted by Crippen LogP contribution is -2.30. The summed E-state index contributed by atoms with van der Waals surface area (Å²) in [6, 6.07) is 3.59. The molecule has 1 N–H and O–H groups in total. The Kier molecular flexibility index (Phi) is 4.01. The summed E-state index contributed by atoms with van der Waals surface area (Å²) in [5.41, 5.74) is 1.23. The zero-order valence-electron chi connectivity index (χ0n) is 14.9. The number of H-pyrrole nitrogens is 1. The first-order valence-corrected chi connectivity index (χ1v) is 9.04. The highest BCUT2D eigenvalue weighted by Gasteiger charge is 2.46. The normalized spacial score (nSPS) is 23.4. The van der Waals surface area contributed by atoms with Crippen molar-refractivity contribution in [2.75, 3.05) is 13.1 Å². The Morgan fingerprint density at radius 3 is 2.64 bits per heavy atom. The van der Waals surface area contributed by atoms with Crippen LogP contribution in [0.2, 0.25) is 0 Å². The fraction of sp³-hybridized carbons (Fsp3) is 0.611. The van der Waals surface area contributed by atoms with E-state index in [0.717, 1.165) is 23.9 Å². The summed E-state index contributed by atoms with van der Waals surface area (Å²) in [6.45, 7) is 7.48. The Balaban J connectivity index is 1.55. The topological polar surface area (TPSA) is 87.7 Å². The number of amides is 1. The first-order chi connectivity index (χ1) is 12.0. The minimum absolute atomic E-state index is 0.0377. The molecule has 2 aromatic heterocycles. The number of hydrogen-bond acceptors (Lipinski definition) is 5. The first-order valence-electron chi connectivity index (χ1n) is 9.04. The van der Waals surface area contributed by atoms with Gasteiger partial charge in [0.25, 0.3) is 5.91 Å². The lowest BCUT2D eigenvalue weighted by Gasteiger charge is -2.15. The quantitative estimate of drug-likeness (QED) is 0.922. The van der Waals surface area contributed by atoms with Crippen molar-refractivity contribution in [1.82, 2.24) is 30.3 Å². The summed E-state index contributed by atoms with van der Waals surface area (Å²) in [7, 11) is 0. The van der Waals surface area contributed by atoms with Crippen molar-refractivity contribution in [2.45, 2.75) is 45.4 Å². The molecule has 1 saturated heterocycles. The molecule has 2 atom stereocenters. The molecule has 2 aliphatic rings. The van der Waals surface area contributed by atoms with E-state index in [1.165, 1.54) is 12.8 Å². The molecule has 0 bridgehead atoms. The second kappa shape index (κ2) is 6.20. The average Bonchev–Trinajstić information content (AvgIpc) is 3.15. The third-order valence-corrected chi connectivity index (χ3v) is 5.28. The molecule has 0 spiro atoms. The Morgan fingerprint density at radius 1 is 1.24 bits per heavy atom. The maximum absolute atomic E-state index is 12.8. The number of nitrogens with zero attached hydrogens (tertiary/aromatic N) is 5. The molecular weight excluding hydrogens is 316 g/mol. The van der Waals surface area contributed by atoms with Gasteiger partial charge >= 0.3 is 0 Å². The van der Waals surface area contributed by atoms with Crippen LogP contribution in [0.3, 0.4) is 0 Å². The molecule has 25 heavy (non-hydrogen) atoms. The molecule has 7 heteroatoms. The van der Waals surface area contributed by atoms with E-state index in [2.05, 4.69) is 34.2 Å². The number of nitrogens with one attached hydrogen (secondary N) is 1. The molecule has 2 aromatic rings. The molecule has 1 saturated carbocycles. The minimum Gasteiger partial charge on any atom is -0.336 e. The molecule has 7 nitrogen and oxygen atoms in total. The SMILES string of the molecule is Cc1ccc(C(=O)N2C[C@H](c3nc(C(C)C)n[nH]3)[C@@H](C3CC3)C2)nn1. The van der Waals surface area contributed by atoms with Gasteiger partial charge in [-0.25, -0.2) is 4.98 Å². The Bertz CT molecular complexity index is 764.